The molecule has 3 aromatic carbocycles. The van der Waals surface area contributed by atoms with Gasteiger partial charge in [-0.2, -0.15) is 0 Å². The van der Waals surface area contributed by atoms with Crippen LogP contribution in [0.25, 0.3) is 0 Å². The first-order valence-corrected chi connectivity index (χ1v) is 9.60. The second-order valence-corrected chi connectivity index (χ2v) is 6.74. The fraction of sp³-hybridized carbons (Fsp3) is 0.100. The van der Waals surface area contributed by atoms with Gasteiger partial charge in [0.2, 0.25) is 0 Å². The molecule has 0 bridgehead atoms. The van der Waals surface area contributed by atoms with Gasteiger partial charge in [-0.3, -0.25) is 0 Å². The molecule has 0 aliphatic heterocycles. The van der Waals surface area contributed by atoms with Crippen LogP contribution in [-0.4, -0.2) is 6.16 Å². The molecule has 1 atom stereocenters. The van der Waals surface area contributed by atoms with Crippen molar-refractivity contribution in [3.8, 4) is 0 Å². The Hall–Kier alpha value is -1.62. The lowest BCUT2D eigenvalue weighted by Crippen LogP contribution is -2.31. The number of hydrogen-bond acceptors (Lipinski definition) is 0. The van der Waals surface area contributed by atoms with E-state index < -0.39 is 0 Å². The fourth-order valence-electron chi connectivity index (χ4n) is 3.07. The Labute approximate surface area is 138 Å². The first-order valence-electron chi connectivity index (χ1n) is 7.38. The van der Waals surface area contributed by atoms with Gasteiger partial charge in [-0.25, -0.2) is 0 Å². The number of halogens is 1. The molecule has 0 aliphatic carbocycles. The second-order valence-electron chi connectivity index (χ2n) is 5.31. The van der Waals surface area contributed by atoms with E-state index in [1.807, 2.05) is 0 Å². The third kappa shape index (κ3) is 2.82. The van der Waals surface area contributed by atoms with Crippen LogP contribution in [0.3, 0.4) is 0 Å². The Bertz CT molecular complexity index is 599. The lowest BCUT2D eigenvalue weighted by Gasteiger charge is -2.35. The number of rotatable bonds is 5. The fourth-order valence-corrected chi connectivity index (χ4v) is 4.49. The maximum absolute atomic E-state index is 6.26. The summed E-state index contributed by atoms with van der Waals surface area (Å²) in [6.45, 7) is 0. The highest BCUT2D eigenvalue weighted by atomic mass is 35.7. The zero-order valence-corrected chi connectivity index (χ0v) is 14.0. The second kappa shape index (κ2) is 7.09. The molecule has 0 saturated carbocycles. The highest BCUT2D eigenvalue weighted by Gasteiger charge is 2.35. The van der Waals surface area contributed by atoms with Gasteiger partial charge in [-0.15, -0.1) is 11.2 Å². The molecular weight excluding hydrogens is 307 g/mol. The topological polar surface area (TPSA) is 0 Å². The van der Waals surface area contributed by atoms with Gasteiger partial charge in [0.25, 0.3) is 0 Å². The largest absolute Gasteiger partial charge is 0.100 e. The van der Waals surface area contributed by atoms with Crippen LogP contribution in [0.4, 0.5) is 0 Å². The van der Waals surface area contributed by atoms with Crippen LogP contribution in [0.15, 0.2) is 91.0 Å². The van der Waals surface area contributed by atoms with E-state index in [-0.39, 0.29) is 5.41 Å². The minimum absolute atomic E-state index is 0.191. The molecular formula is C20H18ClP. The van der Waals surface area contributed by atoms with Crippen molar-refractivity contribution in [3.63, 3.8) is 0 Å². The predicted octanol–water partition coefficient (Wildman–Crippen LogP) is 5.85. The Kier molecular flexibility index (Phi) is 4.93. The van der Waals surface area contributed by atoms with Gasteiger partial charge in [0.1, 0.15) is 0 Å². The zero-order chi connectivity index (χ0) is 15.3. The third-order valence-corrected chi connectivity index (χ3v) is 5.20. The zero-order valence-electron chi connectivity index (χ0n) is 12.2. The summed E-state index contributed by atoms with van der Waals surface area (Å²) >= 11 is 6.26. The van der Waals surface area contributed by atoms with Crippen LogP contribution in [0.2, 0.25) is 0 Å². The van der Waals surface area contributed by atoms with E-state index >= 15 is 0 Å². The van der Waals surface area contributed by atoms with Crippen LogP contribution < -0.4 is 0 Å². The van der Waals surface area contributed by atoms with Crippen molar-refractivity contribution >= 4 is 19.2 Å². The van der Waals surface area contributed by atoms with Gasteiger partial charge < -0.3 is 0 Å². The molecule has 0 amide bonds. The van der Waals surface area contributed by atoms with Crippen molar-refractivity contribution < 1.29 is 0 Å². The van der Waals surface area contributed by atoms with Crippen molar-refractivity contribution in [2.24, 2.45) is 0 Å². The lowest BCUT2D eigenvalue weighted by molar-refractivity contribution is 0.704. The van der Waals surface area contributed by atoms with Gasteiger partial charge in [-0.05, 0) is 30.8 Å². The van der Waals surface area contributed by atoms with E-state index in [9.17, 15) is 0 Å². The summed E-state index contributed by atoms with van der Waals surface area (Å²) in [4.78, 5) is 0. The van der Waals surface area contributed by atoms with Crippen molar-refractivity contribution in [2.75, 3.05) is 6.16 Å². The summed E-state index contributed by atoms with van der Waals surface area (Å²) in [5.74, 6) is 0. The van der Waals surface area contributed by atoms with Crippen molar-refractivity contribution in [1.29, 1.82) is 0 Å². The summed E-state index contributed by atoms with van der Waals surface area (Å²) in [6, 6.07) is 32.0. The smallest absolute Gasteiger partial charge is 0.0498 e. The highest BCUT2D eigenvalue weighted by Crippen LogP contribution is 2.44. The van der Waals surface area contributed by atoms with Crippen molar-refractivity contribution in [2.45, 2.75) is 5.41 Å². The first-order chi connectivity index (χ1) is 10.9. The molecule has 0 heterocycles. The average molecular weight is 325 g/mol. The SMILES string of the molecule is ClPCC(c1ccccc1)(c1ccccc1)c1ccccc1. The van der Waals surface area contributed by atoms with Crippen molar-refractivity contribution in [1.82, 2.24) is 0 Å². The maximum Gasteiger partial charge on any atom is 0.0498 e. The summed E-state index contributed by atoms with van der Waals surface area (Å²) in [6.07, 6.45) is 0.895. The first kappa shape index (κ1) is 15.3. The molecule has 0 aromatic heterocycles. The molecule has 0 spiro atoms. The van der Waals surface area contributed by atoms with E-state index in [2.05, 4.69) is 91.0 Å². The van der Waals surface area contributed by atoms with E-state index in [1.165, 1.54) is 16.7 Å². The summed E-state index contributed by atoms with van der Waals surface area (Å²) in [5.41, 5.74) is 3.69. The average Bonchev–Trinajstić information content (AvgIpc) is 2.62. The number of benzene rings is 3. The van der Waals surface area contributed by atoms with Gasteiger partial charge >= 0.3 is 0 Å². The van der Waals surface area contributed by atoms with Crippen LogP contribution in [0.1, 0.15) is 16.7 Å². The Morgan fingerprint density at radius 3 is 1.18 bits per heavy atom. The van der Waals surface area contributed by atoms with Crippen molar-refractivity contribution in [3.05, 3.63) is 108 Å². The molecule has 22 heavy (non-hydrogen) atoms. The number of hydrogen-bond donors (Lipinski definition) is 0. The lowest BCUT2D eigenvalue weighted by atomic mass is 9.71. The van der Waals surface area contributed by atoms with Gasteiger partial charge in [0.15, 0.2) is 0 Å². The predicted molar refractivity (Wildman–Crippen MR) is 98.2 cm³/mol. The molecule has 3 rings (SSSR count). The molecule has 0 fully saturated rings. The minimum atomic E-state index is -0.191. The van der Waals surface area contributed by atoms with Gasteiger partial charge in [0, 0.05) is 5.41 Å². The summed E-state index contributed by atoms with van der Waals surface area (Å²) in [7, 11) is 0.358. The quantitative estimate of drug-likeness (QED) is 0.408. The van der Waals surface area contributed by atoms with E-state index in [0.29, 0.717) is 7.93 Å². The van der Waals surface area contributed by atoms with Crippen LogP contribution in [0.5, 0.6) is 0 Å². The molecule has 0 nitrogen and oxygen atoms in total. The molecule has 110 valence electrons. The summed E-state index contributed by atoms with van der Waals surface area (Å²) < 4.78 is 0. The maximum atomic E-state index is 6.26. The molecule has 3 aromatic rings. The van der Waals surface area contributed by atoms with Crippen LogP contribution in [0, 0.1) is 0 Å². The normalized spacial score (nSPS) is 11.9. The molecule has 2 heteroatoms. The van der Waals surface area contributed by atoms with E-state index in [1.54, 1.807) is 0 Å². The Balaban J connectivity index is 2.29. The molecule has 0 N–H and O–H groups in total. The van der Waals surface area contributed by atoms with Gasteiger partial charge in [0.05, 0.1) is 0 Å². The van der Waals surface area contributed by atoms with E-state index in [4.69, 9.17) is 11.2 Å². The van der Waals surface area contributed by atoms with Crippen LogP contribution in [-0.2, 0) is 5.41 Å². The van der Waals surface area contributed by atoms with Gasteiger partial charge in [-0.1, -0.05) is 91.0 Å². The Morgan fingerprint density at radius 1 is 0.591 bits per heavy atom. The highest BCUT2D eigenvalue weighted by molar-refractivity contribution is 7.68. The Morgan fingerprint density at radius 2 is 0.909 bits per heavy atom. The monoisotopic (exact) mass is 324 g/mol. The molecule has 0 aliphatic rings. The molecule has 0 radical (unpaired) electrons. The molecule has 1 unspecified atom stereocenters. The minimum Gasteiger partial charge on any atom is -0.100 e. The standard InChI is InChI=1S/C20H18ClP/c21-22-16-20(17-10-4-1-5-11-17,18-12-6-2-7-13-18)19-14-8-3-9-15-19/h1-15,22H,16H2. The third-order valence-electron chi connectivity index (χ3n) is 4.13. The molecule has 0 saturated heterocycles. The van der Waals surface area contributed by atoms with E-state index in [0.717, 1.165) is 6.16 Å². The van der Waals surface area contributed by atoms with Crippen LogP contribution >= 0.6 is 19.2 Å². The summed E-state index contributed by atoms with van der Waals surface area (Å²) in [5, 5.41) is 0.